The summed E-state index contributed by atoms with van der Waals surface area (Å²) in [5.74, 6) is 1.33. The SMILES string of the molecule is CC(Nc1ccc2c(c1)OCCCO2)C(=O)NCc1ccccc1Cl. The van der Waals surface area contributed by atoms with E-state index < -0.39 is 6.04 Å². The Hall–Kier alpha value is -2.40. The zero-order chi connectivity index (χ0) is 17.6. The Balaban J connectivity index is 1.58. The van der Waals surface area contributed by atoms with Crippen LogP contribution >= 0.6 is 11.6 Å². The first-order valence-corrected chi connectivity index (χ1v) is 8.68. The second kappa shape index (κ2) is 8.12. The maximum atomic E-state index is 12.3. The Morgan fingerprint density at radius 1 is 1.16 bits per heavy atom. The topological polar surface area (TPSA) is 59.6 Å². The molecule has 1 aliphatic heterocycles. The second-order valence-electron chi connectivity index (χ2n) is 5.89. The number of carbonyl (C=O) groups excluding carboxylic acids is 1. The molecule has 0 aromatic heterocycles. The Morgan fingerprint density at radius 3 is 2.72 bits per heavy atom. The highest BCUT2D eigenvalue weighted by molar-refractivity contribution is 6.31. The smallest absolute Gasteiger partial charge is 0.242 e. The number of nitrogens with one attached hydrogen (secondary N) is 2. The molecule has 5 nitrogen and oxygen atoms in total. The number of ether oxygens (including phenoxy) is 2. The van der Waals surface area contributed by atoms with E-state index in [0.29, 0.717) is 30.5 Å². The summed E-state index contributed by atoms with van der Waals surface area (Å²) < 4.78 is 11.3. The number of amides is 1. The van der Waals surface area contributed by atoms with Crippen LogP contribution in [0, 0.1) is 0 Å². The van der Waals surface area contributed by atoms with Crippen LogP contribution in [0.25, 0.3) is 0 Å². The van der Waals surface area contributed by atoms with E-state index in [1.807, 2.05) is 49.4 Å². The lowest BCUT2D eigenvalue weighted by Crippen LogP contribution is -2.37. The fourth-order valence-electron chi connectivity index (χ4n) is 2.55. The predicted molar refractivity (Wildman–Crippen MR) is 98.4 cm³/mol. The van der Waals surface area contributed by atoms with Gasteiger partial charge in [0.15, 0.2) is 11.5 Å². The molecule has 0 bridgehead atoms. The molecule has 2 N–H and O–H groups in total. The van der Waals surface area contributed by atoms with Crippen molar-refractivity contribution < 1.29 is 14.3 Å². The molecule has 1 aliphatic rings. The third kappa shape index (κ3) is 4.57. The summed E-state index contributed by atoms with van der Waals surface area (Å²) in [7, 11) is 0. The van der Waals surface area contributed by atoms with Crippen LogP contribution in [0.5, 0.6) is 11.5 Å². The number of benzene rings is 2. The van der Waals surface area contributed by atoms with Gasteiger partial charge in [0.2, 0.25) is 5.91 Å². The third-order valence-corrected chi connectivity index (χ3v) is 4.30. The van der Waals surface area contributed by atoms with E-state index in [0.717, 1.165) is 23.4 Å². The minimum absolute atomic E-state index is 0.105. The molecule has 0 radical (unpaired) electrons. The standard InChI is InChI=1S/C19H21ClN2O3/c1-13(19(23)21-12-14-5-2-3-6-16(14)20)22-15-7-8-17-18(11-15)25-10-4-9-24-17/h2-3,5-8,11,13,22H,4,9-10,12H2,1H3,(H,21,23). The van der Waals surface area contributed by atoms with Crippen LogP contribution in [0.4, 0.5) is 5.69 Å². The number of halogens is 1. The number of carbonyl (C=O) groups is 1. The van der Waals surface area contributed by atoms with E-state index in [1.54, 1.807) is 0 Å². The fourth-order valence-corrected chi connectivity index (χ4v) is 2.75. The highest BCUT2D eigenvalue weighted by Gasteiger charge is 2.15. The van der Waals surface area contributed by atoms with Gasteiger partial charge in [-0.25, -0.2) is 0 Å². The van der Waals surface area contributed by atoms with Crippen LogP contribution in [0.1, 0.15) is 18.9 Å². The normalized spacial score (nSPS) is 14.3. The molecule has 25 heavy (non-hydrogen) atoms. The van der Waals surface area contributed by atoms with Crippen LogP contribution < -0.4 is 20.1 Å². The maximum Gasteiger partial charge on any atom is 0.242 e. The largest absolute Gasteiger partial charge is 0.490 e. The van der Waals surface area contributed by atoms with Gasteiger partial charge in [0.05, 0.1) is 13.2 Å². The van der Waals surface area contributed by atoms with Crippen LogP contribution in [0.3, 0.4) is 0 Å². The van der Waals surface area contributed by atoms with Crippen LogP contribution in [-0.2, 0) is 11.3 Å². The molecular formula is C19H21ClN2O3. The summed E-state index contributed by atoms with van der Waals surface area (Å²) in [6, 6.07) is 12.7. The number of rotatable bonds is 5. The summed E-state index contributed by atoms with van der Waals surface area (Å²) >= 11 is 6.11. The molecule has 1 unspecified atom stereocenters. The van der Waals surface area contributed by atoms with Crippen molar-refractivity contribution in [1.82, 2.24) is 5.32 Å². The van der Waals surface area contributed by atoms with Gasteiger partial charge in [0.25, 0.3) is 0 Å². The van der Waals surface area contributed by atoms with Crippen LogP contribution in [-0.4, -0.2) is 25.2 Å². The molecule has 1 heterocycles. The molecule has 2 aromatic carbocycles. The number of hydrogen-bond acceptors (Lipinski definition) is 4. The third-order valence-electron chi connectivity index (χ3n) is 3.93. The van der Waals surface area contributed by atoms with Crippen molar-refractivity contribution >= 4 is 23.2 Å². The van der Waals surface area contributed by atoms with Crippen molar-refractivity contribution in [1.29, 1.82) is 0 Å². The summed E-state index contributed by atoms with van der Waals surface area (Å²) in [5.41, 5.74) is 1.70. The van der Waals surface area contributed by atoms with Crippen molar-refractivity contribution in [2.24, 2.45) is 0 Å². The average molecular weight is 361 g/mol. The zero-order valence-electron chi connectivity index (χ0n) is 14.0. The minimum atomic E-state index is -0.396. The van der Waals surface area contributed by atoms with Gasteiger partial charge in [-0.1, -0.05) is 29.8 Å². The van der Waals surface area contributed by atoms with Crippen molar-refractivity contribution in [3.05, 3.63) is 53.1 Å². The first kappa shape index (κ1) is 17.4. The van der Waals surface area contributed by atoms with Gasteiger partial charge < -0.3 is 20.1 Å². The van der Waals surface area contributed by atoms with Gasteiger partial charge in [-0.05, 0) is 30.7 Å². The highest BCUT2D eigenvalue weighted by Crippen LogP contribution is 2.32. The Bertz CT molecular complexity index is 751. The first-order chi connectivity index (χ1) is 12.1. The van der Waals surface area contributed by atoms with E-state index in [2.05, 4.69) is 10.6 Å². The quantitative estimate of drug-likeness (QED) is 0.855. The van der Waals surface area contributed by atoms with Gasteiger partial charge in [-0.2, -0.15) is 0 Å². The Kier molecular flexibility index (Phi) is 5.66. The van der Waals surface area contributed by atoms with Crippen LogP contribution in [0.2, 0.25) is 5.02 Å². The molecule has 1 atom stereocenters. The first-order valence-electron chi connectivity index (χ1n) is 8.31. The van der Waals surface area contributed by atoms with E-state index in [9.17, 15) is 4.79 Å². The van der Waals surface area contributed by atoms with E-state index >= 15 is 0 Å². The molecule has 2 aromatic rings. The van der Waals surface area contributed by atoms with Gasteiger partial charge in [-0.3, -0.25) is 4.79 Å². The monoisotopic (exact) mass is 360 g/mol. The fraction of sp³-hybridized carbons (Fsp3) is 0.316. The van der Waals surface area contributed by atoms with Crippen molar-refractivity contribution in [2.45, 2.75) is 25.9 Å². The lowest BCUT2D eigenvalue weighted by molar-refractivity contribution is -0.121. The highest BCUT2D eigenvalue weighted by atomic mass is 35.5. The maximum absolute atomic E-state index is 12.3. The summed E-state index contributed by atoms with van der Waals surface area (Å²) in [6.07, 6.45) is 0.859. The number of hydrogen-bond donors (Lipinski definition) is 2. The molecule has 0 fully saturated rings. The molecule has 132 valence electrons. The van der Waals surface area contributed by atoms with Gasteiger partial charge in [0.1, 0.15) is 6.04 Å². The molecule has 0 spiro atoms. The zero-order valence-corrected chi connectivity index (χ0v) is 14.8. The van der Waals surface area contributed by atoms with E-state index in [-0.39, 0.29) is 5.91 Å². The molecule has 3 rings (SSSR count). The molecule has 0 saturated carbocycles. The molecule has 1 amide bonds. The van der Waals surface area contributed by atoms with Gasteiger partial charge >= 0.3 is 0 Å². The predicted octanol–water partition coefficient (Wildman–Crippen LogP) is 3.62. The molecule has 6 heteroatoms. The lowest BCUT2D eigenvalue weighted by atomic mass is 10.2. The summed E-state index contributed by atoms with van der Waals surface area (Å²) in [4.78, 5) is 12.3. The summed E-state index contributed by atoms with van der Waals surface area (Å²) in [6.45, 7) is 3.49. The summed E-state index contributed by atoms with van der Waals surface area (Å²) in [5, 5.41) is 6.72. The van der Waals surface area contributed by atoms with Gasteiger partial charge in [0, 0.05) is 29.7 Å². The number of anilines is 1. The molecule has 0 aliphatic carbocycles. The van der Waals surface area contributed by atoms with Crippen molar-refractivity contribution in [2.75, 3.05) is 18.5 Å². The van der Waals surface area contributed by atoms with Crippen molar-refractivity contribution in [3.8, 4) is 11.5 Å². The Labute approximate surface area is 152 Å². The van der Waals surface area contributed by atoms with Crippen molar-refractivity contribution in [3.63, 3.8) is 0 Å². The molecular weight excluding hydrogens is 340 g/mol. The number of fused-ring (bicyclic) bond motifs is 1. The lowest BCUT2D eigenvalue weighted by Gasteiger charge is -2.17. The van der Waals surface area contributed by atoms with Crippen LogP contribution in [0.15, 0.2) is 42.5 Å². The average Bonchev–Trinajstić information content (AvgIpc) is 2.85. The van der Waals surface area contributed by atoms with E-state index in [1.165, 1.54) is 0 Å². The van der Waals surface area contributed by atoms with Gasteiger partial charge in [-0.15, -0.1) is 0 Å². The molecule has 0 saturated heterocycles. The minimum Gasteiger partial charge on any atom is -0.490 e. The Morgan fingerprint density at radius 2 is 1.92 bits per heavy atom. The second-order valence-corrected chi connectivity index (χ2v) is 6.29. The van der Waals surface area contributed by atoms with E-state index in [4.69, 9.17) is 21.1 Å².